The van der Waals surface area contributed by atoms with Crippen LogP contribution in [0.5, 0.6) is 0 Å². The molecule has 3 rings (SSSR count). The van der Waals surface area contributed by atoms with Crippen molar-refractivity contribution in [2.24, 2.45) is 5.73 Å². The van der Waals surface area contributed by atoms with Crippen LogP contribution >= 0.6 is 0 Å². The van der Waals surface area contributed by atoms with E-state index in [0.717, 1.165) is 22.3 Å². The van der Waals surface area contributed by atoms with Crippen molar-refractivity contribution in [3.05, 3.63) is 60.2 Å². The van der Waals surface area contributed by atoms with Crippen molar-refractivity contribution in [2.75, 3.05) is 0 Å². The lowest BCUT2D eigenvalue weighted by atomic mass is 10.1. The molecule has 3 aromatic rings. The van der Waals surface area contributed by atoms with Crippen LogP contribution in [0, 0.1) is 0 Å². The lowest BCUT2D eigenvalue weighted by Crippen LogP contribution is -2.10. The third kappa shape index (κ3) is 1.76. The third-order valence-electron chi connectivity index (χ3n) is 2.88. The van der Waals surface area contributed by atoms with E-state index in [1.807, 2.05) is 42.5 Å². The predicted molar refractivity (Wildman–Crippen MR) is 70.2 cm³/mol. The van der Waals surface area contributed by atoms with E-state index in [4.69, 9.17) is 10.2 Å². The Morgan fingerprint density at radius 1 is 1.00 bits per heavy atom. The first-order chi connectivity index (χ1) is 8.74. The van der Waals surface area contributed by atoms with E-state index in [1.165, 1.54) is 0 Å². The SMILES string of the molecule is NC(=O)c1ccc(-c2cc3ccccc3o2)cc1. The molecule has 0 unspecified atom stereocenters. The lowest BCUT2D eigenvalue weighted by Gasteiger charge is -1.98. The minimum Gasteiger partial charge on any atom is -0.456 e. The quantitative estimate of drug-likeness (QED) is 0.744. The first kappa shape index (κ1) is 10.6. The van der Waals surface area contributed by atoms with Gasteiger partial charge in [-0.2, -0.15) is 0 Å². The second-order valence-corrected chi connectivity index (χ2v) is 4.09. The fraction of sp³-hybridized carbons (Fsp3) is 0. The monoisotopic (exact) mass is 237 g/mol. The maximum atomic E-state index is 11.0. The minimum atomic E-state index is -0.425. The molecule has 1 heterocycles. The predicted octanol–water partition coefficient (Wildman–Crippen LogP) is 3.20. The number of primary amides is 1. The largest absolute Gasteiger partial charge is 0.456 e. The summed E-state index contributed by atoms with van der Waals surface area (Å²) in [5, 5.41) is 1.06. The Labute approximate surface area is 104 Å². The summed E-state index contributed by atoms with van der Waals surface area (Å²) in [6, 6.07) is 16.9. The van der Waals surface area contributed by atoms with E-state index >= 15 is 0 Å². The summed E-state index contributed by atoms with van der Waals surface area (Å²) in [6.07, 6.45) is 0. The summed E-state index contributed by atoms with van der Waals surface area (Å²) >= 11 is 0. The van der Waals surface area contributed by atoms with Gasteiger partial charge >= 0.3 is 0 Å². The van der Waals surface area contributed by atoms with E-state index in [-0.39, 0.29) is 0 Å². The lowest BCUT2D eigenvalue weighted by molar-refractivity contribution is 0.100. The van der Waals surface area contributed by atoms with Gasteiger partial charge in [0.15, 0.2) is 0 Å². The summed E-state index contributed by atoms with van der Waals surface area (Å²) in [7, 11) is 0. The van der Waals surface area contributed by atoms with Crippen LogP contribution in [0.3, 0.4) is 0 Å². The molecular formula is C15H11NO2. The van der Waals surface area contributed by atoms with Gasteiger partial charge in [-0.3, -0.25) is 4.79 Å². The number of rotatable bonds is 2. The van der Waals surface area contributed by atoms with Crippen molar-refractivity contribution in [2.45, 2.75) is 0 Å². The number of amides is 1. The summed E-state index contributed by atoms with van der Waals surface area (Å²) in [5.41, 5.74) is 7.48. The van der Waals surface area contributed by atoms with Crippen LogP contribution in [-0.2, 0) is 0 Å². The molecule has 88 valence electrons. The molecule has 0 aliphatic rings. The van der Waals surface area contributed by atoms with Gasteiger partial charge < -0.3 is 10.2 Å². The highest BCUT2D eigenvalue weighted by atomic mass is 16.3. The van der Waals surface area contributed by atoms with Crippen LogP contribution in [0.2, 0.25) is 0 Å². The Hall–Kier alpha value is -2.55. The molecule has 0 saturated heterocycles. The number of hydrogen-bond donors (Lipinski definition) is 1. The molecule has 3 heteroatoms. The molecule has 0 radical (unpaired) electrons. The normalized spacial score (nSPS) is 10.7. The highest BCUT2D eigenvalue weighted by Gasteiger charge is 2.06. The van der Waals surface area contributed by atoms with Crippen LogP contribution in [-0.4, -0.2) is 5.91 Å². The maximum Gasteiger partial charge on any atom is 0.248 e. The van der Waals surface area contributed by atoms with Gasteiger partial charge in [0.2, 0.25) is 5.91 Å². The zero-order valence-corrected chi connectivity index (χ0v) is 9.59. The van der Waals surface area contributed by atoms with Crippen molar-refractivity contribution in [3.63, 3.8) is 0 Å². The van der Waals surface area contributed by atoms with Gasteiger partial charge in [-0.15, -0.1) is 0 Å². The minimum absolute atomic E-state index is 0.425. The summed E-state index contributed by atoms with van der Waals surface area (Å²) in [5.74, 6) is 0.360. The van der Waals surface area contributed by atoms with Gasteiger partial charge in [0.05, 0.1) is 0 Å². The molecule has 0 saturated carbocycles. The molecule has 0 spiro atoms. The standard InChI is InChI=1S/C15H11NO2/c16-15(17)11-7-5-10(6-8-11)14-9-12-3-1-2-4-13(12)18-14/h1-9H,(H2,16,17). The zero-order chi connectivity index (χ0) is 12.5. The fourth-order valence-electron chi connectivity index (χ4n) is 1.92. The van der Waals surface area contributed by atoms with Crippen LogP contribution in [0.1, 0.15) is 10.4 Å². The summed E-state index contributed by atoms with van der Waals surface area (Å²) < 4.78 is 5.74. The Kier molecular flexibility index (Phi) is 2.38. The molecule has 1 aromatic heterocycles. The van der Waals surface area contributed by atoms with Crippen molar-refractivity contribution in [1.82, 2.24) is 0 Å². The summed E-state index contributed by atoms with van der Waals surface area (Å²) in [6.45, 7) is 0. The number of carbonyl (C=O) groups is 1. The molecule has 0 aliphatic carbocycles. The molecule has 0 atom stereocenters. The number of nitrogens with two attached hydrogens (primary N) is 1. The van der Waals surface area contributed by atoms with Crippen LogP contribution in [0.15, 0.2) is 59.0 Å². The molecule has 0 aliphatic heterocycles. The topological polar surface area (TPSA) is 56.2 Å². The Balaban J connectivity index is 2.06. The van der Waals surface area contributed by atoms with E-state index in [0.29, 0.717) is 5.56 Å². The maximum absolute atomic E-state index is 11.0. The van der Waals surface area contributed by atoms with Gasteiger partial charge in [-0.05, 0) is 24.3 Å². The first-order valence-corrected chi connectivity index (χ1v) is 5.63. The number of furan rings is 1. The first-order valence-electron chi connectivity index (χ1n) is 5.63. The zero-order valence-electron chi connectivity index (χ0n) is 9.59. The van der Waals surface area contributed by atoms with Crippen molar-refractivity contribution >= 4 is 16.9 Å². The van der Waals surface area contributed by atoms with E-state index in [1.54, 1.807) is 12.1 Å². The van der Waals surface area contributed by atoms with Gasteiger partial charge in [0, 0.05) is 16.5 Å². The second kappa shape index (κ2) is 4.04. The van der Waals surface area contributed by atoms with E-state index in [9.17, 15) is 4.79 Å². The van der Waals surface area contributed by atoms with Crippen LogP contribution in [0.25, 0.3) is 22.3 Å². The van der Waals surface area contributed by atoms with Gasteiger partial charge in [0.1, 0.15) is 11.3 Å². The Morgan fingerprint density at radius 2 is 1.72 bits per heavy atom. The Bertz CT molecular complexity index is 678. The average Bonchev–Trinajstić information content (AvgIpc) is 2.82. The van der Waals surface area contributed by atoms with Gasteiger partial charge in [-0.1, -0.05) is 30.3 Å². The van der Waals surface area contributed by atoms with Crippen molar-refractivity contribution < 1.29 is 9.21 Å². The average molecular weight is 237 g/mol. The van der Waals surface area contributed by atoms with Crippen LogP contribution < -0.4 is 5.73 Å². The molecule has 18 heavy (non-hydrogen) atoms. The molecule has 0 fully saturated rings. The van der Waals surface area contributed by atoms with Crippen molar-refractivity contribution in [3.8, 4) is 11.3 Å². The number of fused-ring (bicyclic) bond motifs is 1. The summed E-state index contributed by atoms with van der Waals surface area (Å²) in [4.78, 5) is 11.0. The molecule has 0 bridgehead atoms. The highest BCUT2D eigenvalue weighted by molar-refractivity contribution is 5.93. The van der Waals surface area contributed by atoms with Gasteiger partial charge in [-0.25, -0.2) is 0 Å². The van der Waals surface area contributed by atoms with Gasteiger partial charge in [0.25, 0.3) is 0 Å². The number of benzene rings is 2. The number of para-hydroxylation sites is 1. The molecular weight excluding hydrogens is 226 g/mol. The molecule has 2 N–H and O–H groups in total. The molecule has 1 amide bonds. The van der Waals surface area contributed by atoms with Crippen LogP contribution in [0.4, 0.5) is 0 Å². The number of hydrogen-bond acceptors (Lipinski definition) is 2. The third-order valence-corrected chi connectivity index (χ3v) is 2.88. The Morgan fingerprint density at radius 3 is 2.39 bits per heavy atom. The van der Waals surface area contributed by atoms with E-state index < -0.39 is 5.91 Å². The second-order valence-electron chi connectivity index (χ2n) is 4.09. The van der Waals surface area contributed by atoms with E-state index in [2.05, 4.69) is 0 Å². The molecule has 3 nitrogen and oxygen atoms in total. The molecule has 2 aromatic carbocycles. The number of carbonyl (C=O) groups excluding carboxylic acids is 1. The smallest absolute Gasteiger partial charge is 0.248 e. The highest BCUT2D eigenvalue weighted by Crippen LogP contribution is 2.27. The van der Waals surface area contributed by atoms with Crippen molar-refractivity contribution in [1.29, 1.82) is 0 Å². The fourth-order valence-corrected chi connectivity index (χ4v) is 1.92.